The van der Waals surface area contributed by atoms with Gasteiger partial charge in [-0.05, 0) is 73.7 Å². The maximum absolute atomic E-state index is 13.5. The third-order valence-electron chi connectivity index (χ3n) is 6.28. The van der Waals surface area contributed by atoms with E-state index in [1.807, 2.05) is 73.8 Å². The van der Waals surface area contributed by atoms with Crippen LogP contribution in [0.5, 0.6) is 11.5 Å². The number of aryl methyl sites for hydroxylation is 1. The maximum atomic E-state index is 13.5. The number of aromatic nitrogens is 3. The zero-order valence-corrected chi connectivity index (χ0v) is 19.6. The normalized spacial score (nSPS) is 11.5. The van der Waals surface area contributed by atoms with Gasteiger partial charge >= 0.3 is 0 Å². The summed E-state index contributed by atoms with van der Waals surface area (Å²) in [6, 6.07) is 20.9. The maximum Gasteiger partial charge on any atom is 0.266 e. The van der Waals surface area contributed by atoms with Crippen LogP contribution in [-0.2, 0) is 7.05 Å². The number of fused-ring (bicyclic) bond motifs is 2. The van der Waals surface area contributed by atoms with Crippen molar-refractivity contribution in [1.29, 1.82) is 0 Å². The monoisotopic (exact) mass is 451 g/mol. The lowest BCUT2D eigenvalue weighted by atomic mass is 10.1. The predicted molar refractivity (Wildman–Crippen MR) is 137 cm³/mol. The number of hydrogen-bond acceptors (Lipinski definition) is 4. The summed E-state index contributed by atoms with van der Waals surface area (Å²) in [4.78, 5) is 18.4. The van der Waals surface area contributed by atoms with Gasteiger partial charge in [0, 0.05) is 29.2 Å². The second-order valence-corrected chi connectivity index (χ2v) is 8.10. The van der Waals surface area contributed by atoms with Crippen LogP contribution in [-0.4, -0.2) is 28.3 Å². The van der Waals surface area contributed by atoms with Crippen molar-refractivity contribution >= 4 is 34.0 Å². The van der Waals surface area contributed by atoms with Gasteiger partial charge in [-0.15, -0.1) is 0 Å². The van der Waals surface area contributed by atoms with Crippen LogP contribution in [0, 0.1) is 6.92 Å². The van der Waals surface area contributed by atoms with Crippen molar-refractivity contribution in [2.75, 3.05) is 14.2 Å². The van der Waals surface area contributed by atoms with E-state index in [0.29, 0.717) is 16.7 Å². The number of para-hydroxylation sites is 1. The first-order valence-electron chi connectivity index (χ1n) is 11.0. The van der Waals surface area contributed by atoms with Crippen molar-refractivity contribution in [2.24, 2.45) is 7.05 Å². The molecule has 0 aliphatic rings. The second-order valence-electron chi connectivity index (χ2n) is 8.10. The molecule has 0 fully saturated rings. The summed E-state index contributed by atoms with van der Waals surface area (Å²) >= 11 is 0. The lowest BCUT2D eigenvalue weighted by molar-refractivity contribution is 0.414. The molecule has 0 bridgehead atoms. The first-order chi connectivity index (χ1) is 16.5. The Morgan fingerprint density at radius 3 is 2.29 bits per heavy atom. The first-order valence-corrected chi connectivity index (χ1v) is 11.0. The summed E-state index contributed by atoms with van der Waals surface area (Å²) in [5.41, 5.74) is 4.54. The van der Waals surface area contributed by atoms with Gasteiger partial charge in [0.15, 0.2) is 0 Å². The lowest BCUT2D eigenvalue weighted by Crippen LogP contribution is -2.22. The molecule has 5 rings (SSSR count). The van der Waals surface area contributed by atoms with Gasteiger partial charge in [0.1, 0.15) is 17.3 Å². The highest BCUT2D eigenvalue weighted by Crippen LogP contribution is 2.30. The van der Waals surface area contributed by atoms with E-state index >= 15 is 0 Å². The van der Waals surface area contributed by atoms with E-state index in [0.717, 1.165) is 39.3 Å². The highest BCUT2D eigenvalue weighted by molar-refractivity contribution is 5.94. The Kier molecular flexibility index (Phi) is 5.42. The number of hydrogen-bond donors (Lipinski definition) is 0. The van der Waals surface area contributed by atoms with Crippen molar-refractivity contribution in [2.45, 2.75) is 6.92 Å². The molecule has 2 aromatic heterocycles. The van der Waals surface area contributed by atoms with Crippen molar-refractivity contribution < 1.29 is 9.47 Å². The molecule has 6 heteroatoms. The quantitative estimate of drug-likeness (QED) is 0.360. The topological polar surface area (TPSA) is 58.3 Å². The van der Waals surface area contributed by atoms with Crippen LogP contribution >= 0.6 is 0 Å². The third-order valence-corrected chi connectivity index (χ3v) is 6.28. The third kappa shape index (κ3) is 3.53. The molecular weight excluding hydrogens is 426 g/mol. The Morgan fingerprint density at radius 2 is 1.56 bits per heavy atom. The number of nitrogens with zero attached hydrogens (tertiary/aromatic N) is 3. The average molecular weight is 452 g/mol. The molecule has 0 N–H and O–H groups in total. The van der Waals surface area contributed by atoms with Gasteiger partial charge in [-0.3, -0.25) is 9.36 Å². The smallest absolute Gasteiger partial charge is 0.266 e. The first kappa shape index (κ1) is 21.5. The summed E-state index contributed by atoms with van der Waals surface area (Å²) in [5, 5.41) is 1.65. The second kappa shape index (κ2) is 8.56. The molecule has 34 heavy (non-hydrogen) atoms. The fourth-order valence-electron chi connectivity index (χ4n) is 4.32. The molecule has 0 atom stereocenters. The lowest BCUT2D eigenvalue weighted by Gasteiger charge is -2.12. The minimum Gasteiger partial charge on any atom is -0.497 e. The van der Waals surface area contributed by atoms with Crippen molar-refractivity contribution in [3.05, 3.63) is 94.2 Å². The van der Waals surface area contributed by atoms with E-state index in [9.17, 15) is 4.79 Å². The van der Waals surface area contributed by atoms with Crippen LogP contribution in [0.25, 0.3) is 39.6 Å². The van der Waals surface area contributed by atoms with Crippen LogP contribution in [0.15, 0.2) is 71.5 Å². The van der Waals surface area contributed by atoms with Gasteiger partial charge in [0.25, 0.3) is 5.56 Å². The number of benzene rings is 3. The summed E-state index contributed by atoms with van der Waals surface area (Å²) in [6.45, 7) is 2.08. The summed E-state index contributed by atoms with van der Waals surface area (Å²) in [7, 11) is 5.33. The predicted octanol–water partition coefficient (Wildman–Crippen LogP) is 5.37. The highest BCUT2D eigenvalue weighted by Gasteiger charge is 2.14. The van der Waals surface area contributed by atoms with Crippen LogP contribution in [0.3, 0.4) is 0 Å². The van der Waals surface area contributed by atoms with Gasteiger partial charge in [0.05, 0.1) is 30.8 Å². The molecule has 0 saturated heterocycles. The zero-order chi connectivity index (χ0) is 23.8. The summed E-state index contributed by atoms with van der Waals surface area (Å²) < 4.78 is 14.5. The van der Waals surface area contributed by atoms with Gasteiger partial charge < -0.3 is 14.0 Å². The molecule has 0 aliphatic heterocycles. The van der Waals surface area contributed by atoms with Crippen LogP contribution in [0.4, 0.5) is 0 Å². The Morgan fingerprint density at radius 1 is 0.853 bits per heavy atom. The van der Waals surface area contributed by atoms with Crippen molar-refractivity contribution in [3.63, 3.8) is 0 Å². The van der Waals surface area contributed by atoms with Gasteiger partial charge in [-0.25, -0.2) is 4.98 Å². The van der Waals surface area contributed by atoms with E-state index in [-0.39, 0.29) is 5.56 Å². The molecule has 0 aliphatic carbocycles. The van der Waals surface area contributed by atoms with Gasteiger partial charge in [-0.1, -0.05) is 12.1 Å². The molecule has 0 amide bonds. The van der Waals surface area contributed by atoms with E-state index < -0.39 is 0 Å². The van der Waals surface area contributed by atoms with Gasteiger partial charge in [-0.2, -0.15) is 0 Å². The number of ether oxygens (including phenoxy) is 2. The fourth-order valence-corrected chi connectivity index (χ4v) is 4.32. The fraction of sp³-hybridized carbons (Fsp3) is 0.143. The van der Waals surface area contributed by atoms with E-state index in [4.69, 9.17) is 14.5 Å². The Hall–Kier alpha value is -4.32. The molecule has 0 unspecified atom stereocenters. The highest BCUT2D eigenvalue weighted by atomic mass is 16.5. The summed E-state index contributed by atoms with van der Waals surface area (Å²) in [5.74, 6) is 2.07. The Balaban J connectivity index is 1.73. The molecule has 0 radical (unpaired) electrons. The standard InChI is InChI=1S/C28H25N3O3/c1-18-22(24-17-21(34-4)13-15-26(24)30(18)2)14-16-27-29-25-8-6-5-7-23(25)28(32)31(27)19-9-11-20(33-3)12-10-19/h5-17H,1-4H3/b16-14+. The molecule has 170 valence electrons. The number of rotatable bonds is 5. The Bertz CT molecular complexity index is 1610. The minimum atomic E-state index is -0.119. The largest absolute Gasteiger partial charge is 0.497 e. The van der Waals surface area contributed by atoms with Crippen LogP contribution in [0.1, 0.15) is 17.1 Å². The molecule has 0 spiro atoms. The molecule has 5 aromatic rings. The molecule has 2 heterocycles. The summed E-state index contributed by atoms with van der Waals surface area (Å²) in [6.07, 6.45) is 3.92. The van der Waals surface area contributed by atoms with E-state index in [1.165, 1.54) is 0 Å². The van der Waals surface area contributed by atoms with Crippen molar-refractivity contribution in [3.8, 4) is 17.2 Å². The van der Waals surface area contributed by atoms with Crippen molar-refractivity contribution in [1.82, 2.24) is 14.1 Å². The molecular formula is C28H25N3O3. The van der Waals surface area contributed by atoms with Crippen LogP contribution in [0.2, 0.25) is 0 Å². The van der Waals surface area contributed by atoms with Gasteiger partial charge in [0.2, 0.25) is 0 Å². The van der Waals surface area contributed by atoms with Crippen LogP contribution < -0.4 is 15.0 Å². The minimum absolute atomic E-state index is 0.119. The Labute approximate surface area is 197 Å². The number of methoxy groups -OCH3 is 2. The van der Waals surface area contributed by atoms with E-state index in [2.05, 4.69) is 17.6 Å². The average Bonchev–Trinajstić information content (AvgIpc) is 3.11. The molecule has 6 nitrogen and oxygen atoms in total. The van der Waals surface area contributed by atoms with E-state index in [1.54, 1.807) is 24.9 Å². The SMILES string of the molecule is COc1ccc(-n2c(/C=C/c3c(C)n(C)c4ccc(OC)cc34)nc3ccccc3c2=O)cc1. The zero-order valence-electron chi connectivity index (χ0n) is 19.6. The molecule has 3 aromatic carbocycles. The molecule has 0 saturated carbocycles.